The van der Waals surface area contributed by atoms with Crippen LogP contribution in [0.1, 0.15) is 23.0 Å². The highest BCUT2D eigenvalue weighted by Crippen LogP contribution is 2.34. The summed E-state index contributed by atoms with van der Waals surface area (Å²) in [5.41, 5.74) is -1.01. The molecule has 3 aromatic heterocycles. The second-order valence-electron chi connectivity index (χ2n) is 8.65. The maximum absolute atomic E-state index is 14.8. The van der Waals surface area contributed by atoms with Gasteiger partial charge in [0.1, 0.15) is 35.6 Å². The van der Waals surface area contributed by atoms with Crippen LogP contribution in [0.15, 0.2) is 67.5 Å². The van der Waals surface area contributed by atoms with E-state index in [-0.39, 0.29) is 17.8 Å². The number of aromatic nitrogens is 5. The van der Waals surface area contributed by atoms with Gasteiger partial charge in [-0.3, -0.25) is 9.20 Å². The Labute approximate surface area is 219 Å². The number of fused-ring (bicyclic) bond motifs is 1. The van der Waals surface area contributed by atoms with Gasteiger partial charge in [0, 0.05) is 36.1 Å². The molecule has 1 N–H and O–H groups in total. The molecule has 0 spiro atoms. The summed E-state index contributed by atoms with van der Waals surface area (Å²) in [5, 5.41) is 16.4. The predicted molar refractivity (Wildman–Crippen MR) is 135 cm³/mol. The van der Waals surface area contributed by atoms with E-state index < -0.39 is 29.2 Å². The minimum Gasteiger partial charge on any atom is -0.381 e. The average Bonchev–Trinajstić information content (AvgIpc) is 3.60. The van der Waals surface area contributed by atoms with Crippen molar-refractivity contribution < 1.29 is 18.7 Å². The fourth-order valence-electron chi connectivity index (χ4n) is 4.17. The van der Waals surface area contributed by atoms with E-state index in [2.05, 4.69) is 15.1 Å². The molecule has 12 heteroatoms. The Morgan fingerprint density at radius 2 is 1.97 bits per heavy atom. The number of hydrogen-bond donors (Lipinski definition) is 1. The molecule has 0 unspecified atom stereocenters. The lowest BCUT2D eigenvalue weighted by Crippen LogP contribution is -2.52. The maximum Gasteiger partial charge on any atom is 0.274 e. The third-order valence-corrected chi connectivity index (χ3v) is 7.66. The maximum atomic E-state index is 14.8. The minimum atomic E-state index is -1.96. The van der Waals surface area contributed by atoms with Crippen LogP contribution < -0.4 is 0 Å². The molecule has 0 radical (unpaired) electrons. The molecule has 190 valence electrons. The van der Waals surface area contributed by atoms with Crippen molar-refractivity contribution in [2.45, 2.75) is 25.1 Å². The lowest BCUT2D eigenvalue weighted by atomic mass is 9.85. The van der Waals surface area contributed by atoms with E-state index in [9.17, 15) is 18.7 Å². The van der Waals surface area contributed by atoms with Crippen LogP contribution in [-0.2, 0) is 12.1 Å². The molecular formula is C25H21ClF2N6O2S. The van der Waals surface area contributed by atoms with E-state index in [1.54, 1.807) is 29.7 Å². The molecule has 0 aliphatic rings. The van der Waals surface area contributed by atoms with Gasteiger partial charge in [-0.05, 0) is 30.7 Å². The fourth-order valence-corrected chi connectivity index (χ4v) is 5.27. The zero-order chi connectivity index (χ0) is 26.3. The molecule has 0 saturated heterocycles. The summed E-state index contributed by atoms with van der Waals surface area (Å²) in [4.78, 5) is 24.6. The third-order valence-electron chi connectivity index (χ3n) is 6.36. The molecule has 0 aliphatic heterocycles. The quantitative estimate of drug-likeness (QED) is 0.324. The lowest BCUT2D eigenvalue weighted by Gasteiger charge is -2.39. The van der Waals surface area contributed by atoms with Crippen molar-refractivity contribution in [2.24, 2.45) is 0 Å². The first-order valence-corrected chi connectivity index (χ1v) is 12.4. The zero-order valence-corrected chi connectivity index (χ0v) is 21.3. The molecule has 2 aromatic carbocycles. The van der Waals surface area contributed by atoms with Crippen molar-refractivity contribution in [1.82, 2.24) is 29.0 Å². The number of thiazole rings is 1. The van der Waals surface area contributed by atoms with Gasteiger partial charge in [0.25, 0.3) is 5.91 Å². The molecule has 5 aromatic rings. The van der Waals surface area contributed by atoms with E-state index in [1.165, 1.54) is 46.7 Å². The Morgan fingerprint density at radius 1 is 1.22 bits per heavy atom. The number of benzene rings is 2. The predicted octanol–water partition coefficient (Wildman–Crippen LogP) is 4.63. The van der Waals surface area contributed by atoms with Gasteiger partial charge in [-0.1, -0.05) is 41.1 Å². The first-order valence-electron chi connectivity index (χ1n) is 11.2. The number of carbonyl (C=O) groups is 1. The highest BCUT2D eigenvalue weighted by molar-refractivity contribution is 7.20. The Kier molecular flexibility index (Phi) is 6.52. The molecule has 0 saturated carbocycles. The number of halogens is 3. The normalized spacial score (nSPS) is 14.0. The van der Waals surface area contributed by atoms with Crippen LogP contribution in [-0.4, -0.2) is 53.2 Å². The Balaban J connectivity index is 1.44. The number of aliphatic hydroxyl groups is 1. The molecule has 0 bridgehead atoms. The van der Waals surface area contributed by atoms with Crippen LogP contribution in [0.3, 0.4) is 0 Å². The second-order valence-corrected chi connectivity index (χ2v) is 10.1. The molecule has 2 atom stereocenters. The SMILES string of the molecule is C[C@@H](N(C)C(=O)c1cn2cc(-c3ccc(Cl)cc3)sc2n1)[C@](O)(Cn1cncn1)c1ccc(F)cc1F. The van der Waals surface area contributed by atoms with E-state index in [0.717, 1.165) is 16.5 Å². The molecule has 3 heterocycles. The average molecular weight is 543 g/mol. The van der Waals surface area contributed by atoms with E-state index in [4.69, 9.17) is 11.6 Å². The van der Waals surface area contributed by atoms with Crippen LogP contribution >= 0.6 is 22.9 Å². The molecular weight excluding hydrogens is 522 g/mol. The molecule has 1 amide bonds. The van der Waals surface area contributed by atoms with Gasteiger partial charge in [0.05, 0.1) is 17.5 Å². The summed E-state index contributed by atoms with van der Waals surface area (Å²) in [6.45, 7) is 1.35. The summed E-state index contributed by atoms with van der Waals surface area (Å²) in [7, 11) is 1.49. The van der Waals surface area contributed by atoms with Crippen molar-refractivity contribution in [1.29, 1.82) is 0 Å². The molecule has 0 fully saturated rings. The Bertz CT molecular complexity index is 1540. The van der Waals surface area contributed by atoms with Gasteiger partial charge >= 0.3 is 0 Å². The molecule has 5 rings (SSSR count). The molecule has 37 heavy (non-hydrogen) atoms. The van der Waals surface area contributed by atoms with Crippen LogP contribution in [0.4, 0.5) is 8.78 Å². The van der Waals surface area contributed by atoms with Crippen molar-refractivity contribution in [3.8, 4) is 10.4 Å². The van der Waals surface area contributed by atoms with Crippen molar-refractivity contribution in [3.05, 3.63) is 95.4 Å². The van der Waals surface area contributed by atoms with Crippen molar-refractivity contribution in [2.75, 3.05) is 7.05 Å². The number of hydrogen-bond acceptors (Lipinski definition) is 6. The summed E-state index contributed by atoms with van der Waals surface area (Å²) in [6, 6.07) is 9.36. The highest BCUT2D eigenvalue weighted by atomic mass is 35.5. The molecule has 0 aliphatic carbocycles. The Hall–Kier alpha value is -3.67. The van der Waals surface area contributed by atoms with Gasteiger partial charge in [-0.2, -0.15) is 5.10 Å². The van der Waals surface area contributed by atoms with Crippen LogP contribution in [0.5, 0.6) is 0 Å². The van der Waals surface area contributed by atoms with E-state index >= 15 is 0 Å². The first kappa shape index (κ1) is 25.0. The first-order chi connectivity index (χ1) is 17.7. The largest absolute Gasteiger partial charge is 0.381 e. The summed E-state index contributed by atoms with van der Waals surface area (Å²) < 4.78 is 31.5. The van der Waals surface area contributed by atoms with Gasteiger partial charge in [0.15, 0.2) is 4.96 Å². The number of carbonyl (C=O) groups excluding carboxylic acids is 1. The monoisotopic (exact) mass is 542 g/mol. The smallest absolute Gasteiger partial charge is 0.274 e. The zero-order valence-electron chi connectivity index (χ0n) is 19.7. The summed E-state index contributed by atoms with van der Waals surface area (Å²) >= 11 is 7.38. The minimum absolute atomic E-state index is 0.158. The number of rotatable bonds is 7. The fraction of sp³-hybridized carbons (Fsp3) is 0.200. The summed E-state index contributed by atoms with van der Waals surface area (Å²) in [6.07, 6.45) is 6.11. The van der Waals surface area contributed by atoms with Crippen molar-refractivity contribution >= 4 is 33.8 Å². The van der Waals surface area contributed by atoms with Gasteiger partial charge < -0.3 is 10.0 Å². The van der Waals surface area contributed by atoms with Crippen LogP contribution in [0.25, 0.3) is 15.4 Å². The topological polar surface area (TPSA) is 88.5 Å². The second kappa shape index (κ2) is 9.66. The van der Waals surface area contributed by atoms with Gasteiger partial charge in [-0.25, -0.2) is 23.4 Å². The third kappa shape index (κ3) is 4.73. The van der Waals surface area contributed by atoms with Crippen LogP contribution in [0.2, 0.25) is 5.02 Å². The molecule has 8 nitrogen and oxygen atoms in total. The summed E-state index contributed by atoms with van der Waals surface area (Å²) in [5.74, 6) is -2.19. The number of nitrogens with zero attached hydrogens (tertiary/aromatic N) is 6. The van der Waals surface area contributed by atoms with Gasteiger partial charge in [-0.15, -0.1) is 0 Å². The standard InChI is InChI=1S/C25H21ClF2N6O2S/c1-15(25(36,12-34-14-29-13-30-34)19-8-7-18(27)9-20(19)28)32(2)23(35)21-10-33-11-22(37-24(33)31-21)16-3-5-17(26)6-4-16/h3-11,13-15,36H,12H2,1-2H3/t15-,25-/m1/s1. The van der Waals surface area contributed by atoms with Gasteiger partial charge in [0.2, 0.25) is 0 Å². The number of likely N-dealkylation sites (N-methyl/N-ethyl adjacent to an activating group) is 1. The lowest BCUT2D eigenvalue weighted by molar-refractivity contribution is -0.0501. The van der Waals surface area contributed by atoms with E-state index in [0.29, 0.717) is 16.0 Å². The van der Waals surface area contributed by atoms with E-state index in [1.807, 2.05) is 18.3 Å². The number of imidazole rings is 1. The highest BCUT2D eigenvalue weighted by Gasteiger charge is 2.43. The van der Waals surface area contributed by atoms with Crippen molar-refractivity contribution in [3.63, 3.8) is 0 Å². The number of amides is 1. The Morgan fingerprint density at radius 3 is 2.62 bits per heavy atom. The van der Waals surface area contributed by atoms with Crippen LogP contribution in [0, 0.1) is 11.6 Å².